The molecule has 1 fully saturated rings. The minimum Gasteiger partial charge on any atom is -0.390 e. The van der Waals surface area contributed by atoms with Gasteiger partial charge in [-0.3, -0.25) is 0 Å². The number of rotatable bonds is 5. The van der Waals surface area contributed by atoms with E-state index in [-0.39, 0.29) is 5.60 Å². The van der Waals surface area contributed by atoms with E-state index in [1.807, 2.05) is 0 Å². The molecule has 12 heavy (non-hydrogen) atoms. The summed E-state index contributed by atoms with van der Waals surface area (Å²) in [4.78, 5) is 10.0. The molecule has 0 heterocycles. The Balaban J connectivity index is 2.08. The van der Waals surface area contributed by atoms with Gasteiger partial charge < -0.3 is 9.90 Å². The van der Waals surface area contributed by atoms with Crippen LogP contribution < -0.4 is 0 Å². The first-order chi connectivity index (χ1) is 5.77. The van der Waals surface area contributed by atoms with Crippen LogP contribution >= 0.6 is 0 Å². The number of aldehydes is 1. The standard InChI is InChI=1S/C10H18O2/c11-9-5-1-2-6-10(12)7-3-4-8-10/h9,12H,1-8H2. The first-order valence-corrected chi connectivity index (χ1v) is 4.93. The van der Waals surface area contributed by atoms with E-state index in [0.29, 0.717) is 6.42 Å². The highest BCUT2D eigenvalue weighted by molar-refractivity contribution is 5.48. The third-order valence-electron chi connectivity index (χ3n) is 2.75. The zero-order chi connectivity index (χ0) is 8.86. The van der Waals surface area contributed by atoms with Gasteiger partial charge in [0.2, 0.25) is 0 Å². The van der Waals surface area contributed by atoms with Crippen molar-refractivity contribution in [3.8, 4) is 0 Å². The van der Waals surface area contributed by atoms with E-state index in [2.05, 4.69) is 0 Å². The van der Waals surface area contributed by atoms with Gasteiger partial charge in [-0.25, -0.2) is 0 Å². The Kier molecular flexibility index (Phi) is 3.73. The van der Waals surface area contributed by atoms with Crippen molar-refractivity contribution in [2.45, 2.75) is 57.0 Å². The predicted molar refractivity (Wildman–Crippen MR) is 47.9 cm³/mol. The van der Waals surface area contributed by atoms with Crippen molar-refractivity contribution in [1.82, 2.24) is 0 Å². The largest absolute Gasteiger partial charge is 0.390 e. The Morgan fingerprint density at radius 1 is 1.25 bits per heavy atom. The SMILES string of the molecule is O=CCCCCC1(O)CCCC1. The summed E-state index contributed by atoms with van der Waals surface area (Å²) in [5, 5.41) is 9.90. The van der Waals surface area contributed by atoms with Gasteiger partial charge in [-0.05, 0) is 25.7 Å². The summed E-state index contributed by atoms with van der Waals surface area (Å²) >= 11 is 0. The smallest absolute Gasteiger partial charge is 0.119 e. The van der Waals surface area contributed by atoms with Crippen molar-refractivity contribution in [1.29, 1.82) is 0 Å². The van der Waals surface area contributed by atoms with Crippen LogP contribution in [0.2, 0.25) is 0 Å². The van der Waals surface area contributed by atoms with Crippen LogP contribution in [0, 0.1) is 0 Å². The van der Waals surface area contributed by atoms with Crippen molar-refractivity contribution in [2.24, 2.45) is 0 Å². The Bertz CT molecular complexity index is 137. The highest BCUT2D eigenvalue weighted by atomic mass is 16.3. The van der Waals surface area contributed by atoms with E-state index < -0.39 is 0 Å². The molecule has 0 aromatic heterocycles. The number of hydrogen-bond acceptors (Lipinski definition) is 2. The molecule has 2 nitrogen and oxygen atoms in total. The topological polar surface area (TPSA) is 37.3 Å². The van der Waals surface area contributed by atoms with E-state index in [4.69, 9.17) is 0 Å². The van der Waals surface area contributed by atoms with Crippen molar-refractivity contribution in [2.75, 3.05) is 0 Å². The van der Waals surface area contributed by atoms with Crippen molar-refractivity contribution < 1.29 is 9.90 Å². The van der Waals surface area contributed by atoms with Crippen LogP contribution in [0.4, 0.5) is 0 Å². The van der Waals surface area contributed by atoms with Gasteiger partial charge in [-0.2, -0.15) is 0 Å². The minimum absolute atomic E-state index is 0.372. The molecule has 1 aliphatic carbocycles. The first kappa shape index (κ1) is 9.72. The monoisotopic (exact) mass is 170 g/mol. The maximum Gasteiger partial charge on any atom is 0.119 e. The molecule has 0 amide bonds. The van der Waals surface area contributed by atoms with E-state index in [0.717, 1.165) is 38.4 Å². The Morgan fingerprint density at radius 2 is 1.92 bits per heavy atom. The Hall–Kier alpha value is -0.370. The molecule has 1 N–H and O–H groups in total. The number of carbonyl (C=O) groups is 1. The summed E-state index contributed by atoms with van der Waals surface area (Å²) in [6.45, 7) is 0. The fraction of sp³-hybridized carbons (Fsp3) is 0.900. The molecule has 0 aliphatic heterocycles. The molecule has 0 aromatic carbocycles. The average molecular weight is 170 g/mol. The van der Waals surface area contributed by atoms with Crippen molar-refractivity contribution in [3.05, 3.63) is 0 Å². The lowest BCUT2D eigenvalue weighted by Crippen LogP contribution is -2.23. The van der Waals surface area contributed by atoms with Gasteiger partial charge >= 0.3 is 0 Å². The van der Waals surface area contributed by atoms with Crippen molar-refractivity contribution in [3.63, 3.8) is 0 Å². The highest BCUT2D eigenvalue weighted by Crippen LogP contribution is 2.33. The molecule has 0 bridgehead atoms. The molecule has 0 aromatic rings. The summed E-state index contributed by atoms with van der Waals surface area (Å²) in [6.07, 6.45) is 8.70. The van der Waals surface area contributed by atoms with Crippen LogP contribution in [0.3, 0.4) is 0 Å². The van der Waals surface area contributed by atoms with Gasteiger partial charge in [0.1, 0.15) is 6.29 Å². The van der Waals surface area contributed by atoms with Crippen LogP contribution in [0.25, 0.3) is 0 Å². The normalized spacial score (nSPS) is 21.1. The summed E-state index contributed by atoms with van der Waals surface area (Å²) in [5.41, 5.74) is -0.372. The van der Waals surface area contributed by atoms with Gasteiger partial charge in [-0.1, -0.05) is 19.3 Å². The van der Waals surface area contributed by atoms with Crippen LogP contribution in [-0.4, -0.2) is 17.0 Å². The third-order valence-corrected chi connectivity index (χ3v) is 2.75. The number of unbranched alkanes of at least 4 members (excludes halogenated alkanes) is 2. The molecular weight excluding hydrogens is 152 g/mol. The lowest BCUT2D eigenvalue weighted by molar-refractivity contribution is -0.108. The lowest BCUT2D eigenvalue weighted by atomic mass is 9.95. The van der Waals surface area contributed by atoms with E-state index in [1.54, 1.807) is 0 Å². The van der Waals surface area contributed by atoms with Gasteiger partial charge in [0.15, 0.2) is 0 Å². The fourth-order valence-electron chi connectivity index (χ4n) is 1.96. The molecule has 1 rings (SSSR count). The minimum atomic E-state index is -0.372. The molecule has 0 atom stereocenters. The van der Waals surface area contributed by atoms with Crippen molar-refractivity contribution >= 4 is 6.29 Å². The van der Waals surface area contributed by atoms with Crippen LogP contribution in [0.15, 0.2) is 0 Å². The highest BCUT2D eigenvalue weighted by Gasteiger charge is 2.29. The molecule has 0 radical (unpaired) electrons. The molecule has 70 valence electrons. The molecule has 0 unspecified atom stereocenters. The predicted octanol–water partition coefficient (Wildman–Crippen LogP) is 2.05. The van der Waals surface area contributed by atoms with Gasteiger partial charge in [-0.15, -0.1) is 0 Å². The quantitative estimate of drug-likeness (QED) is 0.506. The molecule has 1 aliphatic rings. The second-order valence-electron chi connectivity index (χ2n) is 3.84. The number of aliphatic hydroxyl groups is 1. The third kappa shape index (κ3) is 2.94. The summed E-state index contributed by atoms with van der Waals surface area (Å²) in [7, 11) is 0. The van der Waals surface area contributed by atoms with Gasteiger partial charge in [0.05, 0.1) is 5.60 Å². The van der Waals surface area contributed by atoms with Crippen LogP contribution in [0.1, 0.15) is 51.4 Å². The Morgan fingerprint density at radius 3 is 2.50 bits per heavy atom. The number of carbonyl (C=O) groups excluding carboxylic acids is 1. The maximum atomic E-state index is 10.0. The van der Waals surface area contributed by atoms with Crippen LogP contribution in [0.5, 0.6) is 0 Å². The molecule has 0 spiro atoms. The van der Waals surface area contributed by atoms with E-state index in [9.17, 15) is 9.90 Å². The van der Waals surface area contributed by atoms with Gasteiger partial charge in [0.25, 0.3) is 0 Å². The van der Waals surface area contributed by atoms with Gasteiger partial charge in [0, 0.05) is 6.42 Å². The average Bonchev–Trinajstić information content (AvgIpc) is 2.47. The molecular formula is C10H18O2. The van der Waals surface area contributed by atoms with Crippen LogP contribution in [-0.2, 0) is 4.79 Å². The first-order valence-electron chi connectivity index (χ1n) is 4.93. The summed E-state index contributed by atoms with van der Waals surface area (Å²) in [5.74, 6) is 0. The molecule has 0 saturated heterocycles. The lowest BCUT2D eigenvalue weighted by Gasteiger charge is -2.21. The van der Waals surface area contributed by atoms with E-state index in [1.165, 1.54) is 12.8 Å². The number of hydrogen-bond donors (Lipinski definition) is 1. The maximum absolute atomic E-state index is 10.0. The Labute approximate surface area is 74.0 Å². The van der Waals surface area contributed by atoms with E-state index >= 15 is 0 Å². The second-order valence-corrected chi connectivity index (χ2v) is 3.84. The molecule has 1 saturated carbocycles. The summed E-state index contributed by atoms with van der Waals surface area (Å²) < 4.78 is 0. The zero-order valence-electron chi connectivity index (χ0n) is 7.59. The summed E-state index contributed by atoms with van der Waals surface area (Å²) in [6, 6.07) is 0. The zero-order valence-corrected chi connectivity index (χ0v) is 7.59. The fourth-order valence-corrected chi connectivity index (χ4v) is 1.96. The second kappa shape index (κ2) is 4.61. The molecule has 2 heteroatoms.